The number of nitrogens with two attached hydrogens (primary N) is 1. The molecule has 0 aromatic carbocycles. The highest BCUT2D eigenvalue weighted by atomic mass is 19.1. The van der Waals surface area contributed by atoms with Gasteiger partial charge in [-0.25, -0.2) is 4.39 Å². The third-order valence-electron chi connectivity index (χ3n) is 1.54. The molecule has 1 aromatic rings. The van der Waals surface area contributed by atoms with Gasteiger partial charge in [-0.15, -0.1) is 0 Å². The highest BCUT2D eigenvalue weighted by Crippen LogP contribution is 2.16. The van der Waals surface area contributed by atoms with Crippen LogP contribution in [0.5, 0.6) is 0 Å². The fourth-order valence-corrected chi connectivity index (χ4v) is 0.859. The van der Waals surface area contributed by atoms with E-state index in [1.807, 2.05) is 6.92 Å². The van der Waals surface area contributed by atoms with Gasteiger partial charge in [-0.2, -0.15) is 0 Å². The molecule has 1 atom stereocenters. The number of aromatic nitrogens is 2. The van der Waals surface area contributed by atoms with E-state index in [1.165, 1.54) is 6.20 Å². The van der Waals surface area contributed by atoms with Gasteiger partial charge in [-0.3, -0.25) is 9.97 Å². The summed E-state index contributed by atoms with van der Waals surface area (Å²) >= 11 is 0. The Kier molecular flexibility index (Phi) is 3.10. The lowest BCUT2D eigenvalue weighted by Crippen LogP contribution is -2.05. The molecule has 0 aliphatic carbocycles. The first-order valence-electron chi connectivity index (χ1n) is 3.86. The normalized spacial score (nSPS) is 12.9. The highest BCUT2D eigenvalue weighted by molar-refractivity contribution is 5.03. The van der Waals surface area contributed by atoms with Crippen LogP contribution in [0.2, 0.25) is 0 Å². The molecule has 0 bridgehead atoms. The van der Waals surface area contributed by atoms with Crippen LogP contribution in [0.4, 0.5) is 4.39 Å². The van der Waals surface area contributed by atoms with Gasteiger partial charge in [0.15, 0.2) is 0 Å². The van der Waals surface area contributed by atoms with E-state index in [2.05, 4.69) is 9.97 Å². The number of halogens is 1. The summed E-state index contributed by atoms with van der Waals surface area (Å²) in [5.41, 5.74) is 6.37. The van der Waals surface area contributed by atoms with E-state index in [0.717, 1.165) is 5.69 Å². The number of nitrogens with zero attached hydrogens (tertiary/aromatic N) is 2. The molecular formula is C8H12FN3. The van der Waals surface area contributed by atoms with Crippen molar-refractivity contribution in [3.8, 4) is 0 Å². The maximum absolute atomic E-state index is 13.1. The quantitative estimate of drug-likeness (QED) is 0.738. The summed E-state index contributed by atoms with van der Waals surface area (Å²) in [5, 5.41) is 0. The summed E-state index contributed by atoms with van der Waals surface area (Å²) in [6.07, 6.45) is 2.23. The molecule has 1 unspecified atom stereocenters. The third kappa shape index (κ3) is 2.23. The second kappa shape index (κ2) is 4.11. The summed E-state index contributed by atoms with van der Waals surface area (Å²) in [6, 6.07) is 0. The third-order valence-corrected chi connectivity index (χ3v) is 1.54. The van der Waals surface area contributed by atoms with Crippen LogP contribution in [0, 0.1) is 6.92 Å². The van der Waals surface area contributed by atoms with Gasteiger partial charge in [-0.05, 0) is 19.9 Å². The molecule has 0 saturated heterocycles. The van der Waals surface area contributed by atoms with Gasteiger partial charge >= 0.3 is 0 Å². The van der Waals surface area contributed by atoms with Gasteiger partial charge in [0.05, 0.1) is 17.6 Å². The summed E-state index contributed by atoms with van der Waals surface area (Å²) in [7, 11) is 0. The molecule has 0 saturated carbocycles. The molecule has 0 radical (unpaired) electrons. The van der Waals surface area contributed by atoms with Gasteiger partial charge < -0.3 is 5.73 Å². The Hall–Kier alpha value is -1.03. The van der Waals surface area contributed by atoms with Gasteiger partial charge in [0.2, 0.25) is 0 Å². The zero-order valence-corrected chi connectivity index (χ0v) is 7.00. The van der Waals surface area contributed by atoms with E-state index in [0.29, 0.717) is 18.7 Å². The van der Waals surface area contributed by atoms with Crippen molar-refractivity contribution in [2.75, 3.05) is 6.54 Å². The Labute approximate surface area is 70.8 Å². The minimum Gasteiger partial charge on any atom is -0.330 e. The highest BCUT2D eigenvalue weighted by Gasteiger charge is 2.09. The van der Waals surface area contributed by atoms with Crippen molar-refractivity contribution in [1.29, 1.82) is 0 Å². The summed E-state index contributed by atoms with van der Waals surface area (Å²) in [6.45, 7) is 2.14. The van der Waals surface area contributed by atoms with Crippen LogP contribution in [0.1, 0.15) is 24.0 Å². The number of aryl methyl sites for hydroxylation is 1. The van der Waals surface area contributed by atoms with E-state index in [4.69, 9.17) is 5.73 Å². The SMILES string of the molecule is Cc1cnc(C(F)CCN)cn1. The van der Waals surface area contributed by atoms with E-state index in [-0.39, 0.29) is 0 Å². The first kappa shape index (κ1) is 9.06. The van der Waals surface area contributed by atoms with E-state index in [9.17, 15) is 4.39 Å². The zero-order valence-electron chi connectivity index (χ0n) is 7.00. The summed E-state index contributed by atoms with van der Waals surface area (Å²) < 4.78 is 13.1. The van der Waals surface area contributed by atoms with E-state index in [1.54, 1.807) is 6.20 Å². The molecule has 0 fully saturated rings. The Morgan fingerprint density at radius 1 is 1.50 bits per heavy atom. The van der Waals surface area contributed by atoms with Gasteiger partial charge in [-0.1, -0.05) is 0 Å². The van der Waals surface area contributed by atoms with Crippen molar-refractivity contribution in [2.45, 2.75) is 19.5 Å². The van der Waals surface area contributed by atoms with Crippen LogP contribution < -0.4 is 5.73 Å². The van der Waals surface area contributed by atoms with Crippen molar-refractivity contribution in [2.24, 2.45) is 5.73 Å². The number of rotatable bonds is 3. The summed E-state index contributed by atoms with van der Waals surface area (Å²) in [4.78, 5) is 7.84. The fraction of sp³-hybridized carbons (Fsp3) is 0.500. The Morgan fingerprint density at radius 3 is 2.75 bits per heavy atom. The van der Waals surface area contributed by atoms with Crippen LogP contribution in [-0.2, 0) is 0 Å². The predicted octanol–water partition coefficient (Wildman–Crippen LogP) is 1.14. The Bertz CT molecular complexity index is 235. The smallest absolute Gasteiger partial charge is 0.145 e. The minimum absolute atomic E-state index is 0.303. The second-order valence-electron chi connectivity index (χ2n) is 2.63. The first-order valence-corrected chi connectivity index (χ1v) is 3.86. The molecule has 0 aliphatic heterocycles. The van der Waals surface area contributed by atoms with Crippen LogP contribution in [0.25, 0.3) is 0 Å². The average molecular weight is 169 g/mol. The average Bonchev–Trinajstić information content (AvgIpc) is 2.06. The molecule has 2 N–H and O–H groups in total. The first-order chi connectivity index (χ1) is 5.74. The van der Waals surface area contributed by atoms with E-state index >= 15 is 0 Å². The maximum Gasteiger partial charge on any atom is 0.145 e. The fourth-order valence-electron chi connectivity index (χ4n) is 0.859. The lowest BCUT2D eigenvalue weighted by atomic mass is 10.2. The molecule has 0 aliphatic rings. The zero-order chi connectivity index (χ0) is 8.97. The Balaban J connectivity index is 2.68. The number of hydrogen-bond donors (Lipinski definition) is 1. The second-order valence-corrected chi connectivity index (χ2v) is 2.63. The molecule has 3 nitrogen and oxygen atoms in total. The van der Waals surface area contributed by atoms with Gasteiger partial charge in [0.25, 0.3) is 0 Å². The summed E-state index contributed by atoms with van der Waals surface area (Å²) in [5.74, 6) is 0. The van der Waals surface area contributed by atoms with Crippen molar-refractivity contribution in [1.82, 2.24) is 9.97 Å². The molecule has 1 rings (SSSR count). The lowest BCUT2D eigenvalue weighted by Gasteiger charge is -2.04. The number of alkyl halides is 1. The van der Waals surface area contributed by atoms with Crippen molar-refractivity contribution in [3.63, 3.8) is 0 Å². The van der Waals surface area contributed by atoms with Crippen molar-refractivity contribution in [3.05, 3.63) is 23.8 Å². The molecule has 12 heavy (non-hydrogen) atoms. The standard InChI is InChI=1S/C8H12FN3/c1-6-4-12-8(5-11-6)7(9)2-3-10/h4-5,7H,2-3,10H2,1H3. The van der Waals surface area contributed by atoms with Crippen molar-refractivity contribution < 1.29 is 4.39 Å². The van der Waals surface area contributed by atoms with Gasteiger partial charge in [0, 0.05) is 6.20 Å². The monoisotopic (exact) mass is 169 g/mol. The molecule has 0 amide bonds. The van der Waals surface area contributed by atoms with Crippen LogP contribution in [-0.4, -0.2) is 16.5 Å². The van der Waals surface area contributed by atoms with Crippen LogP contribution in [0.3, 0.4) is 0 Å². The predicted molar refractivity (Wildman–Crippen MR) is 44.3 cm³/mol. The maximum atomic E-state index is 13.1. The molecule has 0 spiro atoms. The van der Waals surface area contributed by atoms with Crippen LogP contribution in [0.15, 0.2) is 12.4 Å². The minimum atomic E-state index is -1.08. The number of hydrogen-bond acceptors (Lipinski definition) is 3. The van der Waals surface area contributed by atoms with Crippen LogP contribution >= 0.6 is 0 Å². The largest absolute Gasteiger partial charge is 0.330 e. The van der Waals surface area contributed by atoms with E-state index < -0.39 is 6.17 Å². The molecule has 1 aromatic heterocycles. The lowest BCUT2D eigenvalue weighted by molar-refractivity contribution is 0.319. The molecule has 4 heteroatoms. The molecule has 1 heterocycles. The van der Waals surface area contributed by atoms with Gasteiger partial charge in [0.1, 0.15) is 6.17 Å². The van der Waals surface area contributed by atoms with Crippen molar-refractivity contribution >= 4 is 0 Å². The molecular weight excluding hydrogens is 157 g/mol. The Morgan fingerprint density at radius 2 is 2.25 bits per heavy atom. The topological polar surface area (TPSA) is 51.8 Å². The molecule has 66 valence electrons.